The predicted octanol–water partition coefficient (Wildman–Crippen LogP) is 3.51. The Morgan fingerprint density at radius 1 is 1.32 bits per heavy atom. The molecule has 0 spiro atoms. The molecule has 1 heterocycles. The first-order valence-electron chi connectivity index (χ1n) is 6.41. The van der Waals surface area contributed by atoms with Crippen molar-refractivity contribution in [1.82, 2.24) is 0 Å². The van der Waals surface area contributed by atoms with Crippen LogP contribution in [0.4, 0.5) is 5.69 Å². The second kappa shape index (κ2) is 4.67. The van der Waals surface area contributed by atoms with E-state index >= 15 is 0 Å². The summed E-state index contributed by atoms with van der Waals surface area (Å²) in [5.74, 6) is 0.171. The second-order valence-electron chi connectivity index (χ2n) is 5.62. The van der Waals surface area contributed by atoms with Crippen molar-refractivity contribution in [3.8, 4) is 0 Å². The summed E-state index contributed by atoms with van der Waals surface area (Å²) in [5.41, 5.74) is 1.61. The number of hydrogen-bond donors (Lipinski definition) is 0. The highest BCUT2D eigenvalue weighted by atomic mass is 32.2. The highest BCUT2D eigenvalue weighted by Crippen LogP contribution is 2.46. The zero-order valence-electron chi connectivity index (χ0n) is 12.0. The minimum atomic E-state index is -0.493. The Kier molecular flexibility index (Phi) is 3.47. The van der Waals surface area contributed by atoms with Gasteiger partial charge in [-0.1, -0.05) is 0 Å². The minimum Gasteiger partial charge on any atom is -0.308 e. The van der Waals surface area contributed by atoms with Crippen LogP contribution in [0.25, 0.3) is 0 Å². The van der Waals surface area contributed by atoms with Crippen molar-refractivity contribution in [2.75, 3.05) is 4.90 Å². The van der Waals surface area contributed by atoms with Gasteiger partial charge in [-0.2, -0.15) is 0 Å². The Bertz CT molecular complexity index is 549. The first-order chi connectivity index (χ1) is 8.74. The molecule has 4 heteroatoms. The number of Topliss-reactive ketones (excluding diaryl/α,β-unsaturated/α-hetero) is 1. The average Bonchev–Trinajstić information content (AvgIpc) is 2.28. The number of nitrogens with zero attached hydrogens (tertiary/aromatic N) is 1. The van der Waals surface area contributed by atoms with Gasteiger partial charge in [0.05, 0.1) is 10.4 Å². The largest absolute Gasteiger partial charge is 0.308 e. The van der Waals surface area contributed by atoms with E-state index in [9.17, 15) is 9.59 Å². The van der Waals surface area contributed by atoms with Crippen LogP contribution in [0.3, 0.4) is 0 Å². The van der Waals surface area contributed by atoms with E-state index in [1.807, 2.05) is 44.7 Å². The molecule has 0 saturated heterocycles. The number of benzene rings is 1. The third-order valence-electron chi connectivity index (χ3n) is 3.24. The normalized spacial score (nSPS) is 17.6. The van der Waals surface area contributed by atoms with E-state index in [0.29, 0.717) is 5.56 Å². The molecule has 1 aromatic carbocycles. The van der Waals surface area contributed by atoms with E-state index in [0.717, 1.165) is 10.6 Å². The summed E-state index contributed by atoms with van der Waals surface area (Å²) < 4.78 is -0.493. The van der Waals surface area contributed by atoms with Gasteiger partial charge in [-0.05, 0) is 52.8 Å². The first kappa shape index (κ1) is 14.1. The Hall–Kier alpha value is -1.29. The van der Waals surface area contributed by atoms with Gasteiger partial charge in [-0.15, -0.1) is 11.8 Å². The van der Waals surface area contributed by atoms with Crippen molar-refractivity contribution < 1.29 is 9.59 Å². The van der Waals surface area contributed by atoms with Crippen LogP contribution in [0.2, 0.25) is 0 Å². The number of thioether (sulfide) groups is 1. The minimum absolute atomic E-state index is 0.0502. The van der Waals surface area contributed by atoms with E-state index in [2.05, 4.69) is 0 Å². The Labute approximate surface area is 118 Å². The molecule has 102 valence electrons. The highest BCUT2D eigenvalue weighted by molar-refractivity contribution is 8.01. The van der Waals surface area contributed by atoms with Crippen LogP contribution >= 0.6 is 11.8 Å². The van der Waals surface area contributed by atoms with Gasteiger partial charge in [0.25, 0.3) is 0 Å². The van der Waals surface area contributed by atoms with E-state index in [1.165, 1.54) is 11.8 Å². The lowest BCUT2D eigenvalue weighted by Gasteiger charge is -2.40. The Balaban J connectivity index is 2.58. The zero-order chi connectivity index (χ0) is 14.4. The molecule has 1 aliphatic heterocycles. The smallest absolute Gasteiger partial charge is 0.243 e. The second-order valence-corrected chi connectivity index (χ2v) is 7.28. The van der Waals surface area contributed by atoms with Crippen molar-refractivity contribution in [3.63, 3.8) is 0 Å². The van der Waals surface area contributed by atoms with Crippen LogP contribution in [0.5, 0.6) is 0 Å². The van der Waals surface area contributed by atoms with Crippen LogP contribution in [-0.2, 0) is 4.79 Å². The van der Waals surface area contributed by atoms with Crippen LogP contribution in [0, 0.1) is 0 Å². The number of carbonyl (C=O) groups excluding carboxylic acids is 2. The monoisotopic (exact) mass is 277 g/mol. The van der Waals surface area contributed by atoms with Gasteiger partial charge < -0.3 is 4.90 Å². The van der Waals surface area contributed by atoms with Gasteiger partial charge in [0, 0.05) is 16.5 Å². The van der Waals surface area contributed by atoms with Gasteiger partial charge >= 0.3 is 0 Å². The summed E-state index contributed by atoms with van der Waals surface area (Å²) in [6, 6.07) is 5.68. The maximum atomic E-state index is 12.5. The van der Waals surface area contributed by atoms with E-state index < -0.39 is 4.75 Å². The van der Waals surface area contributed by atoms with Gasteiger partial charge in [-0.25, -0.2) is 0 Å². The topological polar surface area (TPSA) is 37.4 Å². The molecule has 0 atom stereocenters. The third kappa shape index (κ3) is 2.41. The van der Waals surface area contributed by atoms with E-state index in [1.54, 1.807) is 13.0 Å². The van der Waals surface area contributed by atoms with Crippen LogP contribution in [0.15, 0.2) is 23.1 Å². The molecular formula is C15H19NO2S. The molecular weight excluding hydrogens is 258 g/mol. The predicted molar refractivity (Wildman–Crippen MR) is 79.0 cm³/mol. The molecule has 2 rings (SSSR count). The highest BCUT2D eigenvalue weighted by Gasteiger charge is 2.40. The molecule has 3 nitrogen and oxygen atoms in total. The Morgan fingerprint density at radius 3 is 2.47 bits per heavy atom. The lowest BCUT2D eigenvalue weighted by molar-refractivity contribution is -0.120. The van der Waals surface area contributed by atoms with Gasteiger partial charge in [0.2, 0.25) is 5.91 Å². The van der Waals surface area contributed by atoms with Gasteiger partial charge in [0.1, 0.15) is 0 Å². The molecule has 1 aromatic rings. The van der Waals surface area contributed by atoms with Crippen LogP contribution in [-0.4, -0.2) is 22.5 Å². The average molecular weight is 277 g/mol. The molecule has 0 N–H and O–H groups in total. The quantitative estimate of drug-likeness (QED) is 0.776. The number of ketones is 1. The molecule has 0 bridgehead atoms. The van der Waals surface area contributed by atoms with Crippen LogP contribution < -0.4 is 4.90 Å². The van der Waals surface area contributed by atoms with Gasteiger partial charge in [-0.3, -0.25) is 9.59 Å². The number of hydrogen-bond acceptors (Lipinski definition) is 3. The van der Waals surface area contributed by atoms with Gasteiger partial charge in [0.15, 0.2) is 5.78 Å². The van der Waals surface area contributed by atoms with Crippen molar-refractivity contribution >= 4 is 29.1 Å². The number of anilines is 1. The summed E-state index contributed by atoms with van der Waals surface area (Å²) in [4.78, 5) is 26.8. The molecule has 1 aliphatic rings. The number of fused-ring (bicyclic) bond motifs is 1. The molecule has 0 aromatic heterocycles. The fourth-order valence-electron chi connectivity index (χ4n) is 2.24. The van der Waals surface area contributed by atoms with Crippen molar-refractivity contribution in [2.45, 2.75) is 50.3 Å². The maximum absolute atomic E-state index is 12.5. The summed E-state index contributed by atoms with van der Waals surface area (Å²) in [5, 5.41) is 0. The number of rotatable bonds is 2. The lowest BCUT2D eigenvalue weighted by atomic mass is 10.1. The summed E-state index contributed by atoms with van der Waals surface area (Å²) in [6.45, 7) is 9.43. The SMILES string of the molecule is CC(=O)c1ccc2c(c1)SC(C)(C)C(=O)N2C(C)C. The van der Waals surface area contributed by atoms with Crippen molar-refractivity contribution in [1.29, 1.82) is 0 Å². The number of carbonyl (C=O) groups is 2. The fourth-order valence-corrected chi connectivity index (χ4v) is 3.44. The van der Waals surface area contributed by atoms with Crippen molar-refractivity contribution in [3.05, 3.63) is 23.8 Å². The zero-order valence-corrected chi connectivity index (χ0v) is 12.8. The molecule has 0 radical (unpaired) electrons. The Morgan fingerprint density at radius 2 is 1.95 bits per heavy atom. The number of amides is 1. The fraction of sp³-hybridized carbons (Fsp3) is 0.467. The molecule has 19 heavy (non-hydrogen) atoms. The third-order valence-corrected chi connectivity index (χ3v) is 4.47. The molecule has 0 saturated carbocycles. The standard InChI is InChI=1S/C15H19NO2S/c1-9(2)16-12-7-6-11(10(3)17)8-13(12)19-15(4,5)14(16)18/h6-9H,1-5H3. The van der Waals surface area contributed by atoms with Crippen molar-refractivity contribution in [2.24, 2.45) is 0 Å². The van der Waals surface area contributed by atoms with E-state index in [4.69, 9.17) is 0 Å². The lowest BCUT2D eigenvalue weighted by Crippen LogP contribution is -2.49. The van der Waals surface area contributed by atoms with E-state index in [-0.39, 0.29) is 17.7 Å². The maximum Gasteiger partial charge on any atom is 0.243 e. The van der Waals surface area contributed by atoms with Crippen LogP contribution in [0.1, 0.15) is 45.0 Å². The molecule has 0 unspecified atom stereocenters. The molecule has 0 aliphatic carbocycles. The summed E-state index contributed by atoms with van der Waals surface area (Å²) in [6.07, 6.45) is 0. The first-order valence-corrected chi connectivity index (χ1v) is 7.23. The summed E-state index contributed by atoms with van der Waals surface area (Å²) in [7, 11) is 0. The summed E-state index contributed by atoms with van der Waals surface area (Å²) >= 11 is 1.53. The molecule has 0 fully saturated rings. The molecule has 1 amide bonds.